The molecule has 1 heterocycles. The Morgan fingerprint density at radius 3 is 2.56 bits per heavy atom. The first-order valence-corrected chi connectivity index (χ1v) is 10.7. The van der Waals surface area contributed by atoms with Gasteiger partial charge in [-0.15, -0.1) is 0 Å². The van der Waals surface area contributed by atoms with Crippen LogP contribution in [0.5, 0.6) is 0 Å². The number of rotatable bonds is 8. The van der Waals surface area contributed by atoms with Crippen LogP contribution in [-0.2, 0) is 11.2 Å². The van der Waals surface area contributed by atoms with Gasteiger partial charge in [-0.2, -0.15) is 4.98 Å². The van der Waals surface area contributed by atoms with E-state index in [2.05, 4.69) is 15.5 Å². The van der Waals surface area contributed by atoms with Crippen molar-refractivity contribution >= 4 is 29.1 Å². The van der Waals surface area contributed by atoms with Gasteiger partial charge in [0.15, 0.2) is 0 Å². The van der Waals surface area contributed by atoms with E-state index in [-0.39, 0.29) is 47.2 Å². The number of anilines is 1. The van der Waals surface area contributed by atoms with E-state index >= 15 is 0 Å². The zero-order chi connectivity index (χ0) is 23.3. The van der Waals surface area contributed by atoms with E-state index in [1.165, 1.54) is 6.07 Å². The Morgan fingerprint density at radius 1 is 1.16 bits per heavy atom. The maximum atomic E-state index is 13.7. The second kappa shape index (κ2) is 10.4. The molecule has 7 nitrogen and oxygen atoms in total. The number of nitrogens with one attached hydrogen (secondary N) is 1. The number of aromatic nitrogens is 2. The fraction of sp³-hybridized carbons (Fsp3) is 0.304. The summed E-state index contributed by atoms with van der Waals surface area (Å²) in [4.78, 5) is 30.7. The van der Waals surface area contributed by atoms with Gasteiger partial charge in [0, 0.05) is 37.2 Å². The van der Waals surface area contributed by atoms with Crippen molar-refractivity contribution in [1.29, 1.82) is 0 Å². The van der Waals surface area contributed by atoms with Crippen LogP contribution < -0.4 is 5.32 Å². The zero-order valence-electron chi connectivity index (χ0n) is 18.1. The van der Waals surface area contributed by atoms with Gasteiger partial charge in [-0.05, 0) is 50.6 Å². The molecule has 0 saturated carbocycles. The molecule has 0 aliphatic rings. The van der Waals surface area contributed by atoms with E-state index in [1.807, 2.05) is 13.8 Å². The van der Waals surface area contributed by atoms with E-state index in [0.29, 0.717) is 35.5 Å². The van der Waals surface area contributed by atoms with Crippen molar-refractivity contribution in [3.05, 3.63) is 64.3 Å². The average Bonchev–Trinajstić information content (AvgIpc) is 3.24. The molecule has 0 aliphatic heterocycles. The number of benzene rings is 2. The molecule has 3 aromatic rings. The van der Waals surface area contributed by atoms with Crippen LogP contribution in [0.2, 0.25) is 5.02 Å². The van der Waals surface area contributed by atoms with Crippen LogP contribution >= 0.6 is 11.6 Å². The molecule has 0 atom stereocenters. The molecule has 2 aromatic carbocycles. The maximum Gasteiger partial charge on any atom is 0.255 e. The van der Waals surface area contributed by atoms with E-state index in [4.69, 9.17) is 16.1 Å². The van der Waals surface area contributed by atoms with Crippen molar-refractivity contribution in [2.24, 2.45) is 0 Å². The molecule has 0 bridgehead atoms. The lowest BCUT2D eigenvalue weighted by molar-refractivity contribution is -0.116. The molecule has 0 spiro atoms. The normalized spacial score (nSPS) is 10.8. The highest BCUT2D eigenvalue weighted by Gasteiger charge is 2.17. The molecule has 32 heavy (non-hydrogen) atoms. The lowest BCUT2D eigenvalue weighted by Gasteiger charge is -2.19. The third-order valence-electron chi connectivity index (χ3n) is 5.00. The third-order valence-corrected chi connectivity index (χ3v) is 5.31. The van der Waals surface area contributed by atoms with Gasteiger partial charge in [-0.3, -0.25) is 9.59 Å². The Bertz CT molecular complexity index is 1130. The molecular formula is C23H24ClFN4O3. The summed E-state index contributed by atoms with van der Waals surface area (Å²) >= 11 is 6.26. The predicted molar refractivity (Wildman–Crippen MR) is 120 cm³/mol. The first-order chi connectivity index (χ1) is 15.3. The topological polar surface area (TPSA) is 88.3 Å². The van der Waals surface area contributed by atoms with Crippen LogP contribution in [-0.4, -0.2) is 39.9 Å². The van der Waals surface area contributed by atoms with Gasteiger partial charge in [0.25, 0.3) is 5.91 Å². The SMILES string of the molecule is CCN(CC)C(=O)c1ccc(NC(=O)CCc2nc(-c3ccc(C)c(F)c3)no2)cc1Cl. The molecule has 3 rings (SSSR count). The van der Waals surface area contributed by atoms with Gasteiger partial charge in [0.2, 0.25) is 17.6 Å². The zero-order valence-corrected chi connectivity index (χ0v) is 18.9. The molecule has 9 heteroatoms. The van der Waals surface area contributed by atoms with Crippen LogP contribution in [0.15, 0.2) is 40.9 Å². The fourth-order valence-electron chi connectivity index (χ4n) is 3.10. The summed E-state index contributed by atoms with van der Waals surface area (Å²) < 4.78 is 18.9. The molecule has 0 fully saturated rings. The van der Waals surface area contributed by atoms with Gasteiger partial charge in [-0.1, -0.05) is 28.9 Å². The highest BCUT2D eigenvalue weighted by molar-refractivity contribution is 6.34. The molecule has 1 N–H and O–H groups in total. The highest BCUT2D eigenvalue weighted by Crippen LogP contribution is 2.23. The summed E-state index contributed by atoms with van der Waals surface area (Å²) in [7, 11) is 0. The van der Waals surface area contributed by atoms with Crippen LogP contribution in [0.25, 0.3) is 11.4 Å². The fourth-order valence-corrected chi connectivity index (χ4v) is 3.36. The molecule has 0 radical (unpaired) electrons. The Labute approximate surface area is 190 Å². The maximum absolute atomic E-state index is 13.7. The van der Waals surface area contributed by atoms with Gasteiger partial charge in [-0.25, -0.2) is 4.39 Å². The number of hydrogen-bond donors (Lipinski definition) is 1. The van der Waals surface area contributed by atoms with Gasteiger partial charge in [0.05, 0.1) is 10.6 Å². The van der Waals surface area contributed by atoms with E-state index < -0.39 is 0 Å². The van der Waals surface area contributed by atoms with Crippen LogP contribution in [0.4, 0.5) is 10.1 Å². The monoisotopic (exact) mass is 458 g/mol. The Hall–Kier alpha value is -3.26. The van der Waals surface area contributed by atoms with Crippen LogP contribution in [0, 0.1) is 12.7 Å². The van der Waals surface area contributed by atoms with E-state index in [1.54, 1.807) is 42.2 Å². The lowest BCUT2D eigenvalue weighted by atomic mass is 10.1. The smallest absolute Gasteiger partial charge is 0.255 e. The average molecular weight is 459 g/mol. The third kappa shape index (κ3) is 5.50. The van der Waals surface area contributed by atoms with Gasteiger partial charge in [0.1, 0.15) is 5.82 Å². The minimum atomic E-state index is -0.350. The quantitative estimate of drug-likeness (QED) is 0.519. The summed E-state index contributed by atoms with van der Waals surface area (Å²) in [5, 5.41) is 6.86. The second-order valence-electron chi connectivity index (χ2n) is 7.20. The van der Waals surface area contributed by atoms with Crippen molar-refractivity contribution < 1.29 is 18.5 Å². The lowest BCUT2D eigenvalue weighted by Crippen LogP contribution is -2.30. The van der Waals surface area contributed by atoms with E-state index in [9.17, 15) is 14.0 Å². The first-order valence-electron chi connectivity index (χ1n) is 10.3. The summed E-state index contributed by atoms with van der Waals surface area (Å²) in [6.45, 7) is 6.63. The van der Waals surface area contributed by atoms with Crippen LogP contribution in [0.1, 0.15) is 42.1 Å². The molecule has 0 saturated heterocycles. The highest BCUT2D eigenvalue weighted by atomic mass is 35.5. The molecule has 0 aliphatic carbocycles. The Kier molecular flexibility index (Phi) is 7.58. The minimum absolute atomic E-state index is 0.0988. The van der Waals surface area contributed by atoms with Crippen molar-refractivity contribution in [1.82, 2.24) is 15.0 Å². The summed E-state index contributed by atoms with van der Waals surface area (Å²) in [6, 6.07) is 9.47. The molecule has 1 aromatic heterocycles. The number of carbonyl (C=O) groups is 2. The Balaban J connectivity index is 1.58. The predicted octanol–water partition coefficient (Wildman–Crippen LogP) is 4.89. The Morgan fingerprint density at radius 2 is 1.91 bits per heavy atom. The second-order valence-corrected chi connectivity index (χ2v) is 7.60. The van der Waals surface area contributed by atoms with E-state index in [0.717, 1.165) is 0 Å². The standard InChI is InChI=1S/C23H24ClFN4O3/c1-4-29(5-2)23(31)17-9-8-16(13-18(17)24)26-20(30)10-11-21-27-22(28-32-21)15-7-6-14(3)19(25)12-15/h6-9,12-13H,4-5,10-11H2,1-3H3,(H,26,30). The minimum Gasteiger partial charge on any atom is -0.339 e. The molecule has 2 amide bonds. The number of amides is 2. The van der Waals surface area contributed by atoms with Crippen molar-refractivity contribution in [2.45, 2.75) is 33.6 Å². The number of carbonyl (C=O) groups excluding carboxylic acids is 2. The van der Waals surface area contributed by atoms with Crippen molar-refractivity contribution in [3.8, 4) is 11.4 Å². The van der Waals surface area contributed by atoms with Gasteiger partial charge >= 0.3 is 0 Å². The molecule has 0 unspecified atom stereocenters. The number of nitrogens with zero attached hydrogens (tertiary/aromatic N) is 3. The number of halogens is 2. The van der Waals surface area contributed by atoms with Crippen LogP contribution in [0.3, 0.4) is 0 Å². The largest absolute Gasteiger partial charge is 0.339 e. The summed E-state index contributed by atoms with van der Waals surface area (Å²) in [6.07, 6.45) is 0.321. The molecule has 168 valence electrons. The molecular weight excluding hydrogens is 435 g/mol. The van der Waals surface area contributed by atoms with Crippen molar-refractivity contribution in [3.63, 3.8) is 0 Å². The number of hydrogen-bond acceptors (Lipinski definition) is 5. The van der Waals surface area contributed by atoms with Crippen molar-refractivity contribution in [2.75, 3.05) is 18.4 Å². The summed E-state index contributed by atoms with van der Waals surface area (Å²) in [5.74, 6) is -0.242. The number of aryl methyl sites for hydroxylation is 2. The summed E-state index contributed by atoms with van der Waals surface area (Å²) in [5.41, 5.74) is 1.90. The van der Waals surface area contributed by atoms with Gasteiger partial charge < -0.3 is 14.7 Å². The first kappa shape index (κ1) is 23.4.